The zero-order valence-electron chi connectivity index (χ0n) is 7.75. The fourth-order valence-corrected chi connectivity index (χ4v) is 2.21. The summed E-state index contributed by atoms with van der Waals surface area (Å²) in [5.74, 6) is -1.89. The van der Waals surface area contributed by atoms with Crippen molar-refractivity contribution in [1.82, 2.24) is 0 Å². The summed E-state index contributed by atoms with van der Waals surface area (Å²) in [6.45, 7) is 0. The van der Waals surface area contributed by atoms with Crippen LogP contribution >= 0.6 is 15.9 Å². The molecule has 0 atom stereocenters. The summed E-state index contributed by atoms with van der Waals surface area (Å²) in [4.78, 5) is 0. The topological polar surface area (TPSA) is 46.2 Å². The maximum atomic E-state index is 11.9. The lowest BCUT2D eigenvalue weighted by molar-refractivity contribution is -0.106. The zero-order valence-corrected chi connectivity index (χ0v) is 10.2. The van der Waals surface area contributed by atoms with Gasteiger partial charge in [0.2, 0.25) is 10.0 Å². The molecule has 0 heterocycles. The van der Waals surface area contributed by atoms with Crippen LogP contribution in [0.3, 0.4) is 0 Å². The molecule has 0 saturated heterocycles. The molecule has 0 saturated carbocycles. The van der Waals surface area contributed by atoms with E-state index in [0.29, 0.717) is 4.47 Å². The van der Waals surface area contributed by atoms with E-state index in [9.17, 15) is 21.6 Å². The van der Waals surface area contributed by atoms with Gasteiger partial charge in [-0.2, -0.15) is 13.2 Å². The molecule has 0 aliphatic heterocycles. The third-order valence-electron chi connectivity index (χ3n) is 1.47. The molecule has 1 aromatic carbocycles. The van der Waals surface area contributed by atoms with Gasteiger partial charge in [-0.25, -0.2) is 8.42 Å². The number of anilines is 1. The minimum Gasteiger partial charge on any atom is -0.283 e. The van der Waals surface area contributed by atoms with Crippen LogP contribution in [0.2, 0.25) is 0 Å². The van der Waals surface area contributed by atoms with Crippen molar-refractivity contribution in [3.63, 3.8) is 0 Å². The summed E-state index contributed by atoms with van der Waals surface area (Å²) in [7, 11) is -4.40. The van der Waals surface area contributed by atoms with Gasteiger partial charge in [-0.1, -0.05) is 15.9 Å². The molecule has 3 nitrogen and oxygen atoms in total. The van der Waals surface area contributed by atoms with Crippen LogP contribution in [0.5, 0.6) is 0 Å². The maximum Gasteiger partial charge on any atom is 0.404 e. The standard InChI is InChI=1S/C8H7BrF3NO2S/c9-6-1-3-7(4-2-6)13-16(14,15)5-8(10,11)12/h1-4,13H,5H2. The molecule has 0 amide bonds. The van der Waals surface area contributed by atoms with Crippen LogP contribution in [-0.2, 0) is 10.0 Å². The van der Waals surface area contributed by atoms with Crippen molar-refractivity contribution in [2.24, 2.45) is 0 Å². The molecule has 0 unspecified atom stereocenters. The molecule has 0 fully saturated rings. The minimum atomic E-state index is -4.75. The van der Waals surface area contributed by atoms with E-state index >= 15 is 0 Å². The second kappa shape index (κ2) is 4.62. The number of halogens is 4. The number of benzene rings is 1. The van der Waals surface area contributed by atoms with Gasteiger partial charge in [-0.05, 0) is 24.3 Å². The Morgan fingerprint density at radius 1 is 1.19 bits per heavy atom. The molecule has 1 aromatic rings. The lowest BCUT2D eigenvalue weighted by atomic mass is 10.3. The lowest BCUT2D eigenvalue weighted by Crippen LogP contribution is -2.27. The van der Waals surface area contributed by atoms with Crippen LogP contribution in [0.15, 0.2) is 28.7 Å². The van der Waals surface area contributed by atoms with Crippen molar-refractivity contribution in [1.29, 1.82) is 0 Å². The van der Waals surface area contributed by atoms with Crippen molar-refractivity contribution in [2.75, 3.05) is 10.5 Å². The first-order valence-electron chi connectivity index (χ1n) is 4.01. The van der Waals surface area contributed by atoms with Gasteiger partial charge in [0, 0.05) is 10.2 Å². The molecule has 0 aromatic heterocycles. The van der Waals surface area contributed by atoms with E-state index in [4.69, 9.17) is 0 Å². The van der Waals surface area contributed by atoms with Crippen LogP contribution in [0.1, 0.15) is 0 Å². The summed E-state index contributed by atoms with van der Waals surface area (Å²) in [5.41, 5.74) is 0.0902. The molecule has 8 heteroatoms. The quantitative estimate of drug-likeness (QED) is 0.931. The highest BCUT2D eigenvalue weighted by atomic mass is 79.9. The number of hydrogen-bond acceptors (Lipinski definition) is 2. The fraction of sp³-hybridized carbons (Fsp3) is 0.250. The summed E-state index contributed by atoms with van der Waals surface area (Å²) in [5, 5.41) is 0. The predicted octanol–water partition coefficient (Wildman–Crippen LogP) is 2.75. The average Bonchev–Trinajstić information content (AvgIpc) is 2.04. The monoisotopic (exact) mass is 317 g/mol. The number of nitrogens with one attached hydrogen (secondary N) is 1. The molecule has 0 radical (unpaired) electrons. The van der Waals surface area contributed by atoms with E-state index < -0.39 is 22.0 Å². The van der Waals surface area contributed by atoms with Crippen LogP contribution in [0.4, 0.5) is 18.9 Å². The highest BCUT2D eigenvalue weighted by Crippen LogP contribution is 2.20. The summed E-state index contributed by atoms with van der Waals surface area (Å²) >= 11 is 3.12. The Balaban J connectivity index is 2.77. The fourth-order valence-electron chi connectivity index (χ4n) is 0.949. The minimum absolute atomic E-state index is 0.0902. The van der Waals surface area contributed by atoms with Gasteiger partial charge in [-0.15, -0.1) is 0 Å². The first-order chi connectivity index (χ1) is 7.18. The van der Waals surface area contributed by atoms with Crippen LogP contribution < -0.4 is 4.72 Å². The lowest BCUT2D eigenvalue weighted by Gasteiger charge is -2.09. The predicted molar refractivity (Wildman–Crippen MR) is 57.6 cm³/mol. The van der Waals surface area contributed by atoms with Gasteiger partial charge in [0.1, 0.15) is 0 Å². The van der Waals surface area contributed by atoms with Crippen molar-refractivity contribution in [3.8, 4) is 0 Å². The number of alkyl halides is 3. The van der Waals surface area contributed by atoms with Gasteiger partial charge in [-0.3, -0.25) is 4.72 Å². The highest BCUT2D eigenvalue weighted by Gasteiger charge is 2.35. The molecule has 0 spiro atoms. The molecule has 1 N–H and O–H groups in total. The van der Waals surface area contributed by atoms with Gasteiger partial charge < -0.3 is 0 Å². The first kappa shape index (κ1) is 13.3. The Labute approximate surface area is 98.8 Å². The van der Waals surface area contributed by atoms with Gasteiger partial charge in [0.05, 0.1) is 0 Å². The van der Waals surface area contributed by atoms with Gasteiger partial charge in [0.25, 0.3) is 0 Å². The Hall–Kier alpha value is -0.760. The van der Waals surface area contributed by atoms with Crippen LogP contribution in [0.25, 0.3) is 0 Å². The molecule has 1 rings (SSSR count). The molecule has 0 aliphatic carbocycles. The van der Waals surface area contributed by atoms with Crippen molar-refractivity contribution in [3.05, 3.63) is 28.7 Å². The SMILES string of the molecule is O=S(=O)(CC(F)(F)F)Nc1ccc(Br)cc1. The highest BCUT2D eigenvalue weighted by molar-refractivity contribution is 9.10. The number of sulfonamides is 1. The van der Waals surface area contributed by atoms with E-state index in [1.807, 2.05) is 4.72 Å². The second-order valence-electron chi connectivity index (χ2n) is 2.98. The normalized spacial score (nSPS) is 12.5. The van der Waals surface area contributed by atoms with E-state index in [-0.39, 0.29) is 5.69 Å². The largest absolute Gasteiger partial charge is 0.404 e. The molecular formula is C8H7BrF3NO2S. The van der Waals surface area contributed by atoms with Crippen LogP contribution in [0, 0.1) is 0 Å². The molecule has 90 valence electrons. The summed E-state index contributed by atoms with van der Waals surface area (Å²) in [6.07, 6.45) is -4.75. The van der Waals surface area contributed by atoms with E-state index in [0.717, 1.165) is 0 Å². The Morgan fingerprint density at radius 2 is 1.69 bits per heavy atom. The zero-order chi connectivity index (χ0) is 12.4. The average molecular weight is 318 g/mol. The molecular weight excluding hydrogens is 311 g/mol. The smallest absolute Gasteiger partial charge is 0.283 e. The van der Waals surface area contributed by atoms with E-state index in [1.165, 1.54) is 24.3 Å². The maximum absolute atomic E-state index is 11.9. The van der Waals surface area contributed by atoms with Crippen molar-refractivity contribution < 1.29 is 21.6 Å². The number of rotatable bonds is 3. The summed E-state index contributed by atoms with van der Waals surface area (Å²) in [6, 6.07) is 5.76. The summed E-state index contributed by atoms with van der Waals surface area (Å²) < 4.78 is 60.3. The molecule has 0 bridgehead atoms. The third-order valence-corrected chi connectivity index (χ3v) is 3.25. The Bertz CT molecular complexity index is 455. The second-order valence-corrected chi connectivity index (χ2v) is 5.62. The van der Waals surface area contributed by atoms with Gasteiger partial charge >= 0.3 is 6.18 Å². The van der Waals surface area contributed by atoms with Gasteiger partial charge in [0.15, 0.2) is 5.75 Å². The molecule has 0 aliphatic rings. The third kappa shape index (κ3) is 4.84. The van der Waals surface area contributed by atoms with Crippen molar-refractivity contribution >= 4 is 31.6 Å². The van der Waals surface area contributed by atoms with Crippen molar-refractivity contribution in [2.45, 2.75) is 6.18 Å². The van der Waals surface area contributed by atoms with E-state index in [2.05, 4.69) is 15.9 Å². The Kier molecular flexibility index (Phi) is 3.84. The van der Waals surface area contributed by atoms with E-state index in [1.54, 1.807) is 0 Å². The van der Waals surface area contributed by atoms with Crippen LogP contribution in [-0.4, -0.2) is 20.3 Å². The number of hydrogen-bond donors (Lipinski definition) is 1. The Morgan fingerprint density at radius 3 is 2.12 bits per heavy atom. The first-order valence-corrected chi connectivity index (χ1v) is 6.45. The molecule has 16 heavy (non-hydrogen) atoms.